The van der Waals surface area contributed by atoms with E-state index in [0.29, 0.717) is 13.1 Å². The zero-order valence-electron chi connectivity index (χ0n) is 11.6. The van der Waals surface area contributed by atoms with Crippen LogP contribution in [-0.2, 0) is 0 Å². The van der Waals surface area contributed by atoms with Gasteiger partial charge in [0.05, 0.1) is 5.56 Å². The molecule has 0 aromatic heterocycles. The Morgan fingerprint density at radius 1 is 1.25 bits per heavy atom. The fraction of sp³-hybridized carbons (Fsp3) is 0.533. The van der Waals surface area contributed by atoms with Crippen molar-refractivity contribution < 1.29 is 15.0 Å². The highest BCUT2D eigenvalue weighted by Gasteiger charge is 2.27. The average molecular weight is 278 g/mol. The third kappa shape index (κ3) is 3.22. The Bertz CT molecular complexity index is 470. The summed E-state index contributed by atoms with van der Waals surface area (Å²) in [6.45, 7) is 0.862. The van der Waals surface area contributed by atoms with Crippen LogP contribution in [0.5, 0.6) is 11.5 Å². The first-order valence-corrected chi connectivity index (χ1v) is 7.16. The molecule has 4 N–H and O–H groups in total. The minimum Gasteiger partial charge on any atom is -0.508 e. The Morgan fingerprint density at radius 3 is 2.60 bits per heavy atom. The number of nitrogens with two attached hydrogens (primary N) is 1. The molecule has 0 saturated heterocycles. The highest BCUT2D eigenvalue weighted by atomic mass is 16.3. The Kier molecular flexibility index (Phi) is 4.84. The van der Waals surface area contributed by atoms with E-state index in [4.69, 9.17) is 5.73 Å². The number of benzene rings is 1. The van der Waals surface area contributed by atoms with Crippen molar-refractivity contribution in [3.8, 4) is 11.5 Å². The van der Waals surface area contributed by atoms with E-state index in [9.17, 15) is 15.0 Å². The summed E-state index contributed by atoms with van der Waals surface area (Å²) in [4.78, 5) is 14.4. The molecule has 20 heavy (non-hydrogen) atoms. The van der Waals surface area contributed by atoms with Crippen LogP contribution in [0.3, 0.4) is 0 Å². The number of aromatic hydroxyl groups is 2. The third-order valence-electron chi connectivity index (χ3n) is 3.86. The summed E-state index contributed by atoms with van der Waals surface area (Å²) in [6, 6.07) is 4.19. The van der Waals surface area contributed by atoms with Crippen LogP contribution >= 0.6 is 0 Å². The number of carbonyl (C=O) groups excluding carboxylic acids is 1. The molecule has 0 bridgehead atoms. The van der Waals surface area contributed by atoms with Crippen LogP contribution in [0.2, 0.25) is 0 Å². The second-order valence-electron chi connectivity index (χ2n) is 5.28. The number of phenols is 2. The summed E-state index contributed by atoms with van der Waals surface area (Å²) in [5.41, 5.74) is 5.76. The molecule has 1 fully saturated rings. The lowest BCUT2D eigenvalue weighted by molar-refractivity contribution is 0.0638. The van der Waals surface area contributed by atoms with Crippen LogP contribution in [0.25, 0.3) is 0 Å². The van der Waals surface area contributed by atoms with E-state index in [2.05, 4.69) is 0 Å². The van der Waals surface area contributed by atoms with Crippen LogP contribution < -0.4 is 5.73 Å². The van der Waals surface area contributed by atoms with E-state index in [1.807, 2.05) is 0 Å². The molecule has 5 nitrogen and oxygen atoms in total. The highest BCUT2D eigenvalue weighted by molar-refractivity contribution is 5.97. The smallest absolute Gasteiger partial charge is 0.258 e. The molecule has 1 aliphatic carbocycles. The Morgan fingerprint density at radius 2 is 1.95 bits per heavy atom. The van der Waals surface area contributed by atoms with Gasteiger partial charge in [0.2, 0.25) is 0 Å². The predicted octanol–water partition coefficient (Wildman–Crippen LogP) is 1.83. The van der Waals surface area contributed by atoms with E-state index in [1.54, 1.807) is 4.90 Å². The molecule has 110 valence electrons. The van der Waals surface area contributed by atoms with Crippen molar-refractivity contribution in [3.05, 3.63) is 23.8 Å². The monoisotopic (exact) mass is 278 g/mol. The number of rotatable bonds is 4. The molecule has 1 aromatic rings. The molecule has 1 saturated carbocycles. The summed E-state index contributed by atoms with van der Waals surface area (Å²) in [5.74, 6) is -0.385. The first kappa shape index (κ1) is 14.7. The van der Waals surface area contributed by atoms with Crippen molar-refractivity contribution in [1.82, 2.24) is 4.90 Å². The molecule has 0 spiro atoms. The van der Waals surface area contributed by atoms with E-state index in [1.165, 1.54) is 24.6 Å². The number of carbonyl (C=O) groups is 1. The van der Waals surface area contributed by atoms with Crippen LogP contribution in [0.15, 0.2) is 18.2 Å². The van der Waals surface area contributed by atoms with Crippen molar-refractivity contribution >= 4 is 5.91 Å². The lowest BCUT2D eigenvalue weighted by Gasteiger charge is -2.34. The van der Waals surface area contributed by atoms with Gasteiger partial charge in [-0.3, -0.25) is 4.79 Å². The summed E-state index contributed by atoms with van der Waals surface area (Å²) < 4.78 is 0. The second kappa shape index (κ2) is 6.61. The summed E-state index contributed by atoms with van der Waals surface area (Å²) in [6.07, 6.45) is 5.39. The van der Waals surface area contributed by atoms with Crippen LogP contribution in [0.1, 0.15) is 42.5 Å². The molecule has 0 radical (unpaired) electrons. The van der Waals surface area contributed by atoms with E-state index in [0.717, 1.165) is 25.7 Å². The van der Waals surface area contributed by atoms with Crippen LogP contribution in [0, 0.1) is 0 Å². The van der Waals surface area contributed by atoms with Crippen molar-refractivity contribution in [1.29, 1.82) is 0 Å². The maximum absolute atomic E-state index is 12.6. The predicted molar refractivity (Wildman–Crippen MR) is 76.7 cm³/mol. The summed E-state index contributed by atoms with van der Waals surface area (Å²) >= 11 is 0. The van der Waals surface area contributed by atoms with Gasteiger partial charge in [-0.05, 0) is 31.0 Å². The normalized spacial score (nSPS) is 16.1. The van der Waals surface area contributed by atoms with Crippen molar-refractivity contribution in [2.24, 2.45) is 5.73 Å². The molecule has 0 heterocycles. The molecule has 2 rings (SSSR count). The first-order valence-electron chi connectivity index (χ1n) is 7.16. The zero-order valence-corrected chi connectivity index (χ0v) is 11.6. The van der Waals surface area contributed by atoms with E-state index in [-0.39, 0.29) is 29.0 Å². The lowest BCUT2D eigenvalue weighted by Crippen LogP contribution is -2.44. The standard InChI is InChI=1S/C15H22N2O3/c16-8-9-17(11-4-2-1-3-5-11)15(20)13-10-12(18)6-7-14(13)19/h6-7,10-11,18-19H,1-5,8-9,16H2. The molecule has 0 atom stereocenters. The maximum atomic E-state index is 12.6. The van der Waals surface area contributed by atoms with Gasteiger partial charge in [-0.25, -0.2) is 0 Å². The molecule has 0 unspecified atom stereocenters. The van der Waals surface area contributed by atoms with Gasteiger partial charge >= 0.3 is 0 Å². The molecule has 0 aliphatic heterocycles. The number of phenolic OH excluding ortho intramolecular Hbond substituents is 2. The molecule has 1 aliphatic rings. The van der Waals surface area contributed by atoms with Gasteiger partial charge < -0.3 is 20.8 Å². The fourth-order valence-electron chi connectivity index (χ4n) is 2.83. The van der Waals surface area contributed by atoms with Gasteiger partial charge in [-0.2, -0.15) is 0 Å². The molecular weight excluding hydrogens is 256 g/mol. The topological polar surface area (TPSA) is 86.8 Å². The Balaban J connectivity index is 2.23. The van der Waals surface area contributed by atoms with E-state index < -0.39 is 0 Å². The van der Waals surface area contributed by atoms with Gasteiger partial charge in [-0.15, -0.1) is 0 Å². The minimum absolute atomic E-state index is 0.0255. The SMILES string of the molecule is NCCN(C(=O)c1cc(O)ccc1O)C1CCCCC1. The number of nitrogens with zero attached hydrogens (tertiary/aromatic N) is 1. The largest absolute Gasteiger partial charge is 0.508 e. The molecule has 1 aromatic carbocycles. The van der Waals surface area contributed by atoms with Gasteiger partial charge in [0.15, 0.2) is 0 Å². The first-order chi connectivity index (χ1) is 9.63. The maximum Gasteiger partial charge on any atom is 0.258 e. The number of amides is 1. The highest BCUT2D eigenvalue weighted by Crippen LogP contribution is 2.28. The molecular formula is C15H22N2O3. The number of hydrogen-bond acceptors (Lipinski definition) is 4. The Labute approximate surface area is 119 Å². The lowest BCUT2D eigenvalue weighted by atomic mass is 9.93. The fourth-order valence-corrected chi connectivity index (χ4v) is 2.83. The van der Waals surface area contributed by atoms with Gasteiger partial charge in [0, 0.05) is 19.1 Å². The summed E-state index contributed by atoms with van der Waals surface area (Å²) in [7, 11) is 0. The summed E-state index contributed by atoms with van der Waals surface area (Å²) in [5, 5.41) is 19.3. The average Bonchev–Trinajstić information content (AvgIpc) is 2.47. The number of hydrogen-bond donors (Lipinski definition) is 3. The van der Waals surface area contributed by atoms with Crippen molar-refractivity contribution in [2.75, 3.05) is 13.1 Å². The van der Waals surface area contributed by atoms with E-state index >= 15 is 0 Å². The molecule has 1 amide bonds. The van der Waals surface area contributed by atoms with Crippen molar-refractivity contribution in [2.45, 2.75) is 38.1 Å². The Hall–Kier alpha value is -1.75. The van der Waals surface area contributed by atoms with Gasteiger partial charge in [0.25, 0.3) is 5.91 Å². The van der Waals surface area contributed by atoms with Crippen molar-refractivity contribution in [3.63, 3.8) is 0 Å². The molecule has 5 heteroatoms. The zero-order chi connectivity index (χ0) is 14.5. The van der Waals surface area contributed by atoms with Crippen LogP contribution in [-0.4, -0.2) is 40.2 Å². The quantitative estimate of drug-likeness (QED) is 0.733. The van der Waals surface area contributed by atoms with Gasteiger partial charge in [0.1, 0.15) is 11.5 Å². The van der Waals surface area contributed by atoms with Gasteiger partial charge in [-0.1, -0.05) is 19.3 Å². The third-order valence-corrected chi connectivity index (χ3v) is 3.86. The second-order valence-corrected chi connectivity index (χ2v) is 5.28. The minimum atomic E-state index is -0.254. The van der Waals surface area contributed by atoms with Crippen LogP contribution in [0.4, 0.5) is 0 Å².